The molecule has 1 aromatic heterocycles. The van der Waals surface area contributed by atoms with E-state index in [1.165, 1.54) is 0 Å². The molecule has 1 saturated heterocycles. The molecule has 1 atom stereocenters. The number of aromatic nitrogens is 2. The van der Waals surface area contributed by atoms with Gasteiger partial charge in [0.05, 0.1) is 19.9 Å². The van der Waals surface area contributed by atoms with Crippen molar-refractivity contribution in [3.8, 4) is 22.8 Å². The van der Waals surface area contributed by atoms with E-state index in [-0.39, 0.29) is 24.3 Å². The molecule has 1 fully saturated rings. The van der Waals surface area contributed by atoms with Gasteiger partial charge in [-0.15, -0.1) is 10.2 Å². The number of nitrogens with zero attached hydrogens (tertiary/aromatic N) is 5. The van der Waals surface area contributed by atoms with E-state index < -0.39 is 0 Å². The molecule has 1 aliphatic rings. The predicted octanol–water partition coefficient (Wildman–Crippen LogP) is 4.00. The average molecular weight is 532 g/mol. The molecule has 2 aromatic carbocycles. The molecule has 0 bridgehead atoms. The first-order valence-corrected chi connectivity index (χ1v) is 13.4. The van der Waals surface area contributed by atoms with Crippen LogP contribution in [-0.2, 0) is 4.79 Å². The molecule has 1 aliphatic heterocycles. The van der Waals surface area contributed by atoms with Crippen molar-refractivity contribution < 1.29 is 19.1 Å². The summed E-state index contributed by atoms with van der Waals surface area (Å²) in [6.45, 7) is 7.20. The number of anilines is 1. The summed E-state index contributed by atoms with van der Waals surface area (Å²) in [6, 6.07) is 18.7. The molecule has 39 heavy (non-hydrogen) atoms. The zero-order valence-electron chi connectivity index (χ0n) is 23.2. The monoisotopic (exact) mass is 531 g/mol. The molecule has 9 nitrogen and oxygen atoms in total. The van der Waals surface area contributed by atoms with E-state index in [1.54, 1.807) is 43.4 Å². The lowest BCUT2D eigenvalue weighted by Crippen LogP contribution is -2.52. The highest BCUT2D eigenvalue weighted by atomic mass is 16.5. The Morgan fingerprint density at radius 3 is 2.26 bits per heavy atom. The van der Waals surface area contributed by atoms with E-state index in [0.29, 0.717) is 44.0 Å². The van der Waals surface area contributed by atoms with Crippen molar-refractivity contribution in [2.45, 2.75) is 20.3 Å². The van der Waals surface area contributed by atoms with Gasteiger partial charge in [-0.1, -0.05) is 32.4 Å². The van der Waals surface area contributed by atoms with Crippen molar-refractivity contribution in [2.24, 2.45) is 5.92 Å². The van der Waals surface area contributed by atoms with Gasteiger partial charge in [0.2, 0.25) is 5.91 Å². The molecule has 206 valence electrons. The second-order valence-electron chi connectivity index (χ2n) is 9.80. The first-order chi connectivity index (χ1) is 18.9. The number of amides is 2. The van der Waals surface area contributed by atoms with Crippen LogP contribution in [0.4, 0.5) is 5.82 Å². The lowest BCUT2D eigenvalue weighted by Gasteiger charge is -2.36. The van der Waals surface area contributed by atoms with Gasteiger partial charge in [-0.25, -0.2) is 0 Å². The third kappa shape index (κ3) is 7.04. The molecule has 4 rings (SSSR count). The standard InChI is InChI=1S/C30H37N5O4/c1-5-22(2)20-35(30(37)23-9-11-25(38-3)12-10-23)21-29(36)34-17-15-33(16-18-34)28-14-13-27(31-32-28)24-7-6-8-26(19-24)39-4/h6-14,19,22H,5,15-18,20-21H2,1-4H3/t22-/m0/s1. The second-order valence-corrected chi connectivity index (χ2v) is 9.80. The Bertz CT molecular complexity index is 1240. The Morgan fingerprint density at radius 1 is 0.923 bits per heavy atom. The highest BCUT2D eigenvalue weighted by Crippen LogP contribution is 2.23. The van der Waals surface area contributed by atoms with E-state index in [4.69, 9.17) is 9.47 Å². The highest BCUT2D eigenvalue weighted by molar-refractivity contribution is 5.96. The molecule has 0 N–H and O–H groups in total. The molecular formula is C30H37N5O4. The fraction of sp³-hybridized carbons (Fsp3) is 0.400. The summed E-state index contributed by atoms with van der Waals surface area (Å²) < 4.78 is 10.5. The van der Waals surface area contributed by atoms with Crippen LogP contribution < -0.4 is 14.4 Å². The summed E-state index contributed by atoms with van der Waals surface area (Å²) >= 11 is 0. The van der Waals surface area contributed by atoms with Crippen molar-refractivity contribution in [1.82, 2.24) is 20.0 Å². The fourth-order valence-electron chi connectivity index (χ4n) is 4.52. The minimum atomic E-state index is -0.142. The maximum absolute atomic E-state index is 13.3. The molecule has 0 unspecified atom stereocenters. The van der Waals surface area contributed by atoms with Crippen molar-refractivity contribution in [2.75, 3.05) is 58.4 Å². The van der Waals surface area contributed by atoms with Gasteiger partial charge in [-0.3, -0.25) is 9.59 Å². The maximum atomic E-state index is 13.3. The van der Waals surface area contributed by atoms with Crippen LogP contribution in [0.15, 0.2) is 60.7 Å². The van der Waals surface area contributed by atoms with Gasteiger partial charge >= 0.3 is 0 Å². The molecule has 2 amide bonds. The third-order valence-electron chi connectivity index (χ3n) is 7.15. The summed E-state index contributed by atoms with van der Waals surface area (Å²) in [6.07, 6.45) is 0.927. The lowest BCUT2D eigenvalue weighted by molar-refractivity contribution is -0.132. The fourth-order valence-corrected chi connectivity index (χ4v) is 4.52. The molecule has 0 saturated carbocycles. The molecule has 0 radical (unpaired) electrons. The van der Waals surface area contributed by atoms with Gasteiger partial charge < -0.3 is 24.2 Å². The molecule has 0 aliphatic carbocycles. The van der Waals surface area contributed by atoms with E-state index in [9.17, 15) is 9.59 Å². The minimum absolute atomic E-state index is 0.0423. The van der Waals surface area contributed by atoms with Crippen molar-refractivity contribution >= 4 is 17.6 Å². The van der Waals surface area contributed by atoms with E-state index >= 15 is 0 Å². The number of hydrogen-bond donors (Lipinski definition) is 0. The van der Waals surface area contributed by atoms with E-state index in [0.717, 1.165) is 29.2 Å². The van der Waals surface area contributed by atoms with E-state index in [1.807, 2.05) is 41.3 Å². The van der Waals surface area contributed by atoms with Crippen LogP contribution in [0.3, 0.4) is 0 Å². The van der Waals surface area contributed by atoms with Gasteiger partial charge in [0.1, 0.15) is 18.0 Å². The zero-order chi connectivity index (χ0) is 27.8. The van der Waals surface area contributed by atoms with Gasteiger partial charge in [-0.05, 0) is 54.4 Å². The highest BCUT2D eigenvalue weighted by Gasteiger charge is 2.26. The van der Waals surface area contributed by atoms with Crippen LogP contribution in [0, 0.1) is 5.92 Å². The molecule has 3 aromatic rings. The Labute approximate surface area is 230 Å². The summed E-state index contributed by atoms with van der Waals surface area (Å²) in [5.41, 5.74) is 2.26. The van der Waals surface area contributed by atoms with Crippen LogP contribution in [0.25, 0.3) is 11.3 Å². The normalized spacial score (nSPS) is 14.1. The Balaban J connectivity index is 1.36. The van der Waals surface area contributed by atoms with Crippen LogP contribution in [0.1, 0.15) is 30.6 Å². The number of benzene rings is 2. The summed E-state index contributed by atoms with van der Waals surface area (Å²) in [5, 5.41) is 8.84. The first-order valence-electron chi connectivity index (χ1n) is 13.4. The molecular weight excluding hydrogens is 494 g/mol. The van der Waals surface area contributed by atoms with Gasteiger partial charge in [0.25, 0.3) is 5.91 Å². The quantitative estimate of drug-likeness (QED) is 0.391. The smallest absolute Gasteiger partial charge is 0.254 e. The van der Waals surface area contributed by atoms with Gasteiger partial charge in [0.15, 0.2) is 5.82 Å². The Hall–Kier alpha value is -4.14. The van der Waals surface area contributed by atoms with Crippen molar-refractivity contribution in [3.05, 3.63) is 66.2 Å². The average Bonchev–Trinajstić information content (AvgIpc) is 3.00. The van der Waals surface area contributed by atoms with Crippen LogP contribution in [-0.4, -0.2) is 85.3 Å². The number of methoxy groups -OCH3 is 2. The Morgan fingerprint density at radius 2 is 1.64 bits per heavy atom. The lowest BCUT2D eigenvalue weighted by atomic mass is 10.1. The van der Waals surface area contributed by atoms with Crippen molar-refractivity contribution in [3.63, 3.8) is 0 Å². The van der Waals surface area contributed by atoms with E-state index in [2.05, 4.69) is 28.9 Å². The Kier molecular flexibility index (Phi) is 9.35. The van der Waals surface area contributed by atoms with Crippen LogP contribution in [0.5, 0.6) is 11.5 Å². The molecule has 2 heterocycles. The topological polar surface area (TPSA) is 88.1 Å². The molecule has 0 spiro atoms. The van der Waals surface area contributed by atoms with Crippen LogP contribution in [0.2, 0.25) is 0 Å². The zero-order valence-corrected chi connectivity index (χ0v) is 23.2. The number of ether oxygens (including phenoxy) is 2. The molecule has 9 heteroatoms. The summed E-state index contributed by atoms with van der Waals surface area (Å²) in [4.78, 5) is 32.2. The summed E-state index contributed by atoms with van der Waals surface area (Å²) in [7, 11) is 3.23. The number of hydrogen-bond acceptors (Lipinski definition) is 7. The van der Waals surface area contributed by atoms with Gasteiger partial charge in [-0.2, -0.15) is 0 Å². The SMILES string of the molecule is CC[C@H](C)CN(CC(=O)N1CCN(c2ccc(-c3cccc(OC)c3)nn2)CC1)C(=O)c1ccc(OC)cc1. The number of rotatable bonds is 10. The second kappa shape index (κ2) is 13.1. The number of carbonyl (C=O) groups is 2. The third-order valence-corrected chi connectivity index (χ3v) is 7.15. The van der Waals surface area contributed by atoms with Gasteiger partial charge in [0, 0.05) is 43.9 Å². The van der Waals surface area contributed by atoms with Crippen LogP contribution >= 0.6 is 0 Å². The number of piperazine rings is 1. The first kappa shape index (κ1) is 27.9. The largest absolute Gasteiger partial charge is 0.497 e. The number of carbonyl (C=O) groups excluding carboxylic acids is 2. The summed E-state index contributed by atoms with van der Waals surface area (Å²) in [5.74, 6) is 2.34. The predicted molar refractivity (Wildman–Crippen MR) is 151 cm³/mol. The van der Waals surface area contributed by atoms with Crippen molar-refractivity contribution in [1.29, 1.82) is 0 Å². The maximum Gasteiger partial charge on any atom is 0.254 e. The minimum Gasteiger partial charge on any atom is -0.497 e.